The fraction of sp³-hybridized carbons (Fsp3) is 0.583. The molecule has 2 heterocycles. The Morgan fingerprint density at radius 3 is 3.00 bits per heavy atom. The average molecular weight is 281 g/mol. The zero-order valence-electron chi connectivity index (χ0n) is 11.5. The van der Waals surface area contributed by atoms with Crippen molar-refractivity contribution >= 4 is 11.3 Å². The lowest BCUT2D eigenvalue weighted by atomic mass is 10.2. The van der Waals surface area contributed by atoms with Crippen molar-refractivity contribution in [3.8, 4) is 6.01 Å². The van der Waals surface area contributed by atoms with Crippen molar-refractivity contribution in [1.82, 2.24) is 25.1 Å². The van der Waals surface area contributed by atoms with Crippen LogP contribution in [0.5, 0.6) is 6.01 Å². The van der Waals surface area contributed by atoms with Crippen molar-refractivity contribution in [2.45, 2.75) is 27.0 Å². The lowest BCUT2D eigenvalue weighted by Crippen LogP contribution is -2.18. The Bertz CT molecular complexity index is 508. The summed E-state index contributed by atoms with van der Waals surface area (Å²) in [6, 6.07) is 0.384. The van der Waals surface area contributed by atoms with E-state index in [1.54, 1.807) is 29.4 Å². The van der Waals surface area contributed by atoms with E-state index < -0.39 is 0 Å². The van der Waals surface area contributed by atoms with Gasteiger partial charge in [-0.1, -0.05) is 13.8 Å². The largest absolute Gasteiger partial charge is 0.456 e. The average Bonchev–Trinajstić information content (AvgIpc) is 2.95. The highest BCUT2D eigenvalue weighted by Gasteiger charge is 2.05. The first-order valence-electron chi connectivity index (χ1n) is 6.26. The number of thiazole rings is 1. The first-order valence-corrected chi connectivity index (χ1v) is 7.14. The molecule has 2 aromatic rings. The monoisotopic (exact) mass is 281 g/mol. The standard InChI is InChI=1S/C12H19N5OS/c1-9(2)4-13-5-11-15-10(7-19-11)6-18-12-14-8-17(3)16-12/h7-9,13H,4-6H2,1-3H3. The first kappa shape index (κ1) is 14.0. The Morgan fingerprint density at radius 1 is 1.47 bits per heavy atom. The molecule has 1 N–H and O–H groups in total. The maximum absolute atomic E-state index is 5.45. The smallest absolute Gasteiger partial charge is 0.335 e. The van der Waals surface area contributed by atoms with Crippen molar-refractivity contribution in [2.24, 2.45) is 13.0 Å². The van der Waals surface area contributed by atoms with Crippen LogP contribution in [0.4, 0.5) is 0 Å². The van der Waals surface area contributed by atoms with Gasteiger partial charge in [0.15, 0.2) is 0 Å². The molecule has 0 bridgehead atoms. The van der Waals surface area contributed by atoms with Gasteiger partial charge in [-0.25, -0.2) is 4.98 Å². The van der Waals surface area contributed by atoms with Gasteiger partial charge < -0.3 is 10.1 Å². The Balaban J connectivity index is 1.77. The van der Waals surface area contributed by atoms with Gasteiger partial charge in [-0.05, 0) is 12.5 Å². The van der Waals surface area contributed by atoms with Gasteiger partial charge in [0.2, 0.25) is 0 Å². The summed E-state index contributed by atoms with van der Waals surface area (Å²) in [6.45, 7) is 6.60. The second kappa shape index (κ2) is 6.63. The molecule has 0 aliphatic carbocycles. The summed E-state index contributed by atoms with van der Waals surface area (Å²) in [5, 5.41) is 10.5. The van der Waals surface area contributed by atoms with Crippen LogP contribution in [0, 0.1) is 5.92 Å². The van der Waals surface area contributed by atoms with Gasteiger partial charge in [0, 0.05) is 19.0 Å². The summed E-state index contributed by atoms with van der Waals surface area (Å²) < 4.78 is 7.06. The second-order valence-corrected chi connectivity index (χ2v) is 5.69. The van der Waals surface area contributed by atoms with Crippen molar-refractivity contribution in [3.63, 3.8) is 0 Å². The Kier molecular flexibility index (Phi) is 4.86. The summed E-state index contributed by atoms with van der Waals surface area (Å²) in [4.78, 5) is 8.50. The third kappa shape index (κ3) is 4.60. The number of hydrogen-bond acceptors (Lipinski definition) is 6. The van der Waals surface area contributed by atoms with Gasteiger partial charge in [0.25, 0.3) is 0 Å². The Hall–Kier alpha value is -1.47. The number of ether oxygens (including phenoxy) is 1. The number of rotatable bonds is 7. The molecule has 0 amide bonds. The molecule has 0 unspecified atom stereocenters. The van der Waals surface area contributed by atoms with E-state index in [9.17, 15) is 0 Å². The van der Waals surface area contributed by atoms with Crippen LogP contribution >= 0.6 is 11.3 Å². The summed E-state index contributed by atoms with van der Waals surface area (Å²) in [6.07, 6.45) is 1.61. The molecule has 0 atom stereocenters. The molecule has 0 radical (unpaired) electrons. The van der Waals surface area contributed by atoms with E-state index in [-0.39, 0.29) is 0 Å². The molecule has 6 nitrogen and oxygen atoms in total. The number of hydrogen-bond donors (Lipinski definition) is 1. The van der Waals surface area contributed by atoms with Crippen LogP contribution in [0.15, 0.2) is 11.7 Å². The number of nitrogens with zero attached hydrogens (tertiary/aromatic N) is 4. The Morgan fingerprint density at radius 2 is 2.32 bits per heavy atom. The van der Waals surface area contributed by atoms with Crippen LogP contribution in [0.25, 0.3) is 0 Å². The summed E-state index contributed by atoms with van der Waals surface area (Å²) in [5.74, 6) is 0.651. The molecule has 2 aromatic heterocycles. The molecule has 0 spiro atoms. The fourth-order valence-corrected chi connectivity index (χ4v) is 2.24. The van der Waals surface area contributed by atoms with Crippen LogP contribution < -0.4 is 10.1 Å². The van der Waals surface area contributed by atoms with Gasteiger partial charge in [-0.2, -0.15) is 4.98 Å². The molecule has 0 fully saturated rings. The topological polar surface area (TPSA) is 64.9 Å². The van der Waals surface area contributed by atoms with Crippen LogP contribution in [-0.4, -0.2) is 26.3 Å². The molecule has 19 heavy (non-hydrogen) atoms. The second-order valence-electron chi connectivity index (χ2n) is 4.75. The SMILES string of the molecule is CC(C)CNCc1nc(COc2ncn(C)n2)cs1. The van der Waals surface area contributed by atoms with E-state index in [1.807, 2.05) is 5.38 Å². The van der Waals surface area contributed by atoms with Gasteiger partial charge in [0.1, 0.15) is 17.9 Å². The van der Waals surface area contributed by atoms with Crippen LogP contribution in [0.2, 0.25) is 0 Å². The minimum absolute atomic E-state index is 0.384. The molecule has 7 heteroatoms. The molecule has 0 aliphatic rings. The molecule has 0 saturated carbocycles. The predicted octanol–water partition coefficient (Wildman–Crippen LogP) is 1.60. The maximum atomic E-state index is 5.45. The number of aromatic nitrogens is 4. The summed E-state index contributed by atoms with van der Waals surface area (Å²) in [7, 11) is 1.81. The van der Waals surface area contributed by atoms with Gasteiger partial charge in [0.05, 0.1) is 5.69 Å². The maximum Gasteiger partial charge on any atom is 0.335 e. The van der Waals surface area contributed by atoms with Gasteiger partial charge in [-0.3, -0.25) is 4.68 Å². The zero-order chi connectivity index (χ0) is 13.7. The van der Waals surface area contributed by atoms with E-state index in [4.69, 9.17) is 4.74 Å². The van der Waals surface area contributed by atoms with E-state index in [0.717, 1.165) is 23.8 Å². The minimum Gasteiger partial charge on any atom is -0.456 e. The van der Waals surface area contributed by atoms with Gasteiger partial charge in [-0.15, -0.1) is 16.4 Å². The molecule has 0 aliphatic heterocycles. The number of aryl methyl sites for hydroxylation is 1. The molecule has 104 valence electrons. The normalized spacial score (nSPS) is 11.2. The van der Waals surface area contributed by atoms with Crippen molar-refractivity contribution in [2.75, 3.05) is 6.54 Å². The fourth-order valence-electron chi connectivity index (χ4n) is 1.49. The van der Waals surface area contributed by atoms with Crippen LogP contribution in [0.1, 0.15) is 24.5 Å². The summed E-state index contributed by atoms with van der Waals surface area (Å²) in [5.41, 5.74) is 0.916. The number of nitrogens with one attached hydrogen (secondary N) is 1. The van der Waals surface area contributed by atoms with E-state index in [1.165, 1.54) is 0 Å². The highest BCUT2D eigenvalue weighted by Crippen LogP contribution is 2.11. The van der Waals surface area contributed by atoms with Crippen molar-refractivity contribution < 1.29 is 4.74 Å². The first-order chi connectivity index (χ1) is 9.13. The van der Waals surface area contributed by atoms with Crippen molar-refractivity contribution in [1.29, 1.82) is 0 Å². The molecule has 0 aromatic carbocycles. The minimum atomic E-state index is 0.384. The third-order valence-electron chi connectivity index (χ3n) is 2.36. The summed E-state index contributed by atoms with van der Waals surface area (Å²) >= 11 is 1.64. The highest BCUT2D eigenvalue weighted by molar-refractivity contribution is 7.09. The molecule has 0 saturated heterocycles. The van der Waals surface area contributed by atoms with E-state index in [2.05, 4.69) is 34.2 Å². The Labute approximate surface area is 116 Å². The van der Waals surface area contributed by atoms with E-state index in [0.29, 0.717) is 18.5 Å². The van der Waals surface area contributed by atoms with Crippen LogP contribution in [0.3, 0.4) is 0 Å². The van der Waals surface area contributed by atoms with Crippen molar-refractivity contribution in [3.05, 3.63) is 22.4 Å². The third-order valence-corrected chi connectivity index (χ3v) is 3.25. The lowest BCUT2D eigenvalue weighted by molar-refractivity contribution is 0.276. The predicted molar refractivity (Wildman–Crippen MR) is 74.0 cm³/mol. The van der Waals surface area contributed by atoms with Gasteiger partial charge >= 0.3 is 6.01 Å². The lowest BCUT2D eigenvalue weighted by Gasteiger charge is -2.04. The molecular weight excluding hydrogens is 262 g/mol. The highest BCUT2D eigenvalue weighted by atomic mass is 32.1. The van der Waals surface area contributed by atoms with Crippen LogP contribution in [-0.2, 0) is 20.2 Å². The van der Waals surface area contributed by atoms with E-state index >= 15 is 0 Å². The quantitative estimate of drug-likeness (QED) is 0.835. The molecular formula is C12H19N5OS. The zero-order valence-corrected chi connectivity index (χ0v) is 12.3. The molecule has 2 rings (SSSR count).